The van der Waals surface area contributed by atoms with Gasteiger partial charge in [-0.15, -0.1) is 10.3 Å². The second-order valence-corrected chi connectivity index (χ2v) is 12.5. The average Bonchev–Trinajstić information content (AvgIpc) is 2.23. The van der Waals surface area contributed by atoms with Crippen molar-refractivity contribution in [2.24, 2.45) is 17.8 Å². The molecule has 8 heteroatoms. The first-order chi connectivity index (χ1) is 9.44. The van der Waals surface area contributed by atoms with Gasteiger partial charge in [-0.3, -0.25) is 0 Å². The zero-order valence-electron chi connectivity index (χ0n) is 12.1. The Labute approximate surface area is 125 Å². The van der Waals surface area contributed by atoms with Crippen LogP contribution in [0.3, 0.4) is 0 Å². The molecule has 0 saturated heterocycles. The minimum absolute atomic E-state index is 0.347. The Hall–Kier alpha value is 0.0500. The summed E-state index contributed by atoms with van der Waals surface area (Å²) in [7, 11) is -7.84. The van der Waals surface area contributed by atoms with E-state index in [-0.39, 0.29) is 4.75 Å². The van der Waals surface area contributed by atoms with E-state index in [1.807, 2.05) is 0 Å². The van der Waals surface area contributed by atoms with Crippen molar-refractivity contribution in [3.63, 3.8) is 0 Å². The monoisotopic (exact) mass is 346 g/mol. The Bertz CT molecular complexity index is 504. The van der Waals surface area contributed by atoms with Crippen LogP contribution in [0.1, 0.15) is 38.5 Å². The van der Waals surface area contributed by atoms with E-state index in [1.165, 1.54) is 0 Å². The SMILES string of the molecule is CS(C)(OS(=O)(=O)C(F)(F)F)C12CC3CC(CC(C3)C1)C2. The summed E-state index contributed by atoms with van der Waals surface area (Å²) in [5.74, 6) is 1.63. The fourth-order valence-corrected chi connectivity index (χ4v) is 9.56. The topological polar surface area (TPSA) is 43.4 Å². The second kappa shape index (κ2) is 4.54. The molecule has 0 amide bonds. The fourth-order valence-electron chi connectivity index (χ4n) is 4.97. The van der Waals surface area contributed by atoms with Crippen molar-refractivity contribution in [2.75, 3.05) is 12.5 Å². The fraction of sp³-hybridized carbons (Fsp3) is 1.00. The van der Waals surface area contributed by atoms with E-state index in [9.17, 15) is 21.6 Å². The van der Waals surface area contributed by atoms with E-state index in [0.717, 1.165) is 38.5 Å². The van der Waals surface area contributed by atoms with Gasteiger partial charge in [-0.25, -0.2) is 3.63 Å². The highest BCUT2D eigenvalue weighted by molar-refractivity contribution is 8.33. The molecule has 4 aliphatic carbocycles. The molecular formula is C13H21F3O3S2. The van der Waals surface area contributed by atoms with Crippen molar-refractivity contribution >= 4 is 20.4 Å². The maximum Gasteiger partial charge on any atom is 0.523 e. The Balaban J connectivity index is 1.88. The normalized spacial score (nSPS) is 40.5. The first-order valence-electron chi connectivity index (χ1n) is 7.19. The van der Waals surface area contributed by atoms with Gasteiger partial charge in [0.2, 0.25) is 0 Å². The van der Waals surface area contributed by atoms with E-state index in [0.29, 0.717) is 17.8 Å². The molecule has 0 spiro atoms. The van der Waals surface area contributed by atoms with Crippen LogP contribution in [0.4, 0.5) is 13.2 Å². The molecule has 4 rings (SSSR count). The van der Waals surface area contributed by atoms with Crippen molar-refractivity contribution < 1.29 is 25.2 Å². The van der Waals surface area contributed by atoms with Crippen LogP contribution in [0.15, 0.2) is 0 Å². The lowest BCUT2D eigenvalue weighted by Crippen LogP contribution is -2.53. The first kappa shape index (κ1) is 15.9. The zero-order valence-corrected chi connectivity index (χ0v) is 13.8. The summed E-state index contributed by atoms with van der Waals surface area (Å²) in [6.45, 7) is 0. The third-order valence-corrected chi connectivity index (χ3v) is 10.8. The van der Waals surface area contributed by atoms with Crippen LogP contribution in [0, 0.1) is 17.8 Å². The van der Waals surface area contributed by atoms with Crippen LogP contribution in [0.5, 0.6) is 0 Å². The summed E-state index contributed by atoms with van der Waals surface area (Å²) in [5, 5.41) is 0. The lowest BCUT2D eigenvalue weighted by Gasteiger charge is -2.63. The minimum Gasteiger partial charge on any atom is -0.213 e. The van der Waals surface area contributed by atoms with Gasteiger partial charge in [-0.1, -0.05) is 0 Å². The molecule has 4 fully saturated rings. The highest BCUT2D eigenvalue weighted by Crippen LogP contribution is 2.71. The maximum atomic E-state index is 12.6. The van der Waals surface area contributed by atoms with Crippen LogP contribution in [-0.4, -0.2) is 31.2 Å². The van der Waals surface area contributed by atoms with E-state index < -0.39 is 25.9 Å². The third-order valence-electron chi connectivity index (χ3n) is 5.57. The molecule has 4 aliphatic rings. The van der Waals surface area contributed by atoms with E-state index in [2.05, 4.69) is 0 Å². The van der Waals surface area contributed by atoms with Crippen LogP contribution >= 0.6 is 10.3 Å². The highest BCUT2D eigenvalue weighted by atomic mass is 32.3. The standard InChI is InChI=1S/C13H21F3O3S2/c1-20(2,19-21(17,18)13(14,15)16)12-6-9-3-10(7-12)5-11(4-9)8-12/h9-11H,3-8H2,1-2H3. The lowest BCUT2D eigenvalue weighted by atomic mass is 9.56. The number of hydrogen-bond acceptors (Lipinski definition) is 3. The average molecular weight is 346 g/mol. The van der Waals surface area contributed by atoms with Crippen molar-refractivity contribution in [3.05, 3.63) is 0 Å². The van der Waals surface area contributed by atoms with Gasteiger partial charge in [0.15, 0.2) is 0 Å². The third kappa shape index (κ3) is 2.51. The van der Waals surface area contributed by atoms with Gasteiger partial charge >= 0.3 is 15.6 Å². The van der Waals surface area contributed by atoms with Gasteiger partial charge in [-0.2, -0.15) is 21.6 Å². The second-order valence-electron chi connectivity index (χ2n) is 7.30. The molecule has 0 heterocycles. The molecule has 0 aromatic rings. The molecule has 0 aliphatic heterocycles. The molecule has 124 valence electrons. The molecule has 0 aromatic carbocycles. The molecule has 0 atom stereocenters. The summed E-state index contributed by atoms with van der Waals surface area (Å²) in [6, 6.07) is 0. The molecular weight excluding hydrogens is 325 g/mol. The van der Waals surface area contributed by atoms with Crippen LogP contribution in [-0.2, 0) is 13.7 Å². The van der Waals surface area contributed by atoms with Gasteiger partial charge in [0.05, 0.1) is 0 Å². The Morgan fingerprint density at radius 1 is 0.952 bits per heavy atom. The van der Waals surface area contributed by atoms with Crippen LogP contribution < -0.4 is 0 Å². The first-order valence-corrected chi connectivity index (χ1v) is 11.0. The van der Waals surface area contributed by atoms with Gasteiger partial charge in [0, 0.05) is 4.75 Å². The van der Waals surface area contributed by atoms with Crippen molar-refractivity contribution in [2.45, 2.75) is 48.8 Å². The molecule has 3 nitrogen and oxygen atoms in total. The number of hydrogen-bond donors (Lipinski definition) is 0. The van der Waals surface area contributed by atoms with Crippen LogP contribution in [0.25, 0.3) is 0 Å². The molecule has 0 radical (unpaired) electrons. The zero-order chi connectivity index (χ0) is 15.7. The van der Waals surface area contributed by atoms with E-state index >= 15 is 0 Å². The lowest BCUT2D eigenvalue weighted by molar-refractivity contribution is -0.0498. The molecule has 4 bridgehead atoms. The van der Waals surface area contributed by atoms with Crippen molar-refractivity contribution in [3.8, 4) is 0 Å². The predicted octanol–water partition coefficient (Wildman–Crippen LogP) is 3.80. The largest absolute Gasteiger partial charge is 0.523 e. The summed E-state index contributed by atoms with van der Waals surface area (Å²) >= 11 is 0. The number of rotatable bonds is 3. The summed E-state index contributed by atoms with van der Waals surface area (Å²) in [4.78, 5) is 0. The number of alkyl halides is 3. The predicted molar refractivity (Wildman–Crippen MR) is 76.4 cm³/mol. The van der Waals surface area contributed by atoms with Crippen LogP contribution in [0.2, 0.25) is 0 Å². The van der Waals surface area contributed by atoms with Gasteiger partial charge in [-0.05, 0) is 68.8 Å². The van der Waals surface area contributed by atoms with Gasteiger partial charge < -0.3 is 0 Å². The van der Waals surface area contributed by atoms with E-state index in [1.54, 1.807) is 12.5 Å². The quantitative estimate of drug-likeness (QED) is 0.730. The molecule has 0 N–H and O–H groups in total. The van der Waals surface area contributed by atoms with E-state index in [4.69, 9.17) is 3.63 Å². The summed E-state index contributed by atoms with van der Waals surface area (Å²) in [5.41, 5.74) is -5.33. The van der Waals surface area contributed by atoms with Gasteiger partial charge in [0.1, 0.15) is 0 Å². The molecule has 0 aromatic heterocycles. The minimum atomic E-state index is -5.51. The molecule has 21 heavy (non-hydrogen) atoms. The summed E-state index contributed by atoms with van der Waals surface area (Å²) < 4.78 is 65.2. The Morgan fingerprint density at radius 2 is 1.33 bits per heavy atom. The van der Waals surface area contributed by atoms with Crippen molar-refractivity contribution in [1.29, 1.82) is 0 Å². The highest BCUT2D eigenvalue weighted by Gasteiger charge is 2.59. The smallest absolute Gasteiger partial charge is 0.213 e. The Morgan fingerprint density at radius 3 is 1.67 bits per heavy atom. The summed E-state index contributed by atoms with van der Waals surface area (Å²) in [6.07, 6.45) is 9.15. The Kier molecular flexibility index (Phi) is 3.44. The molecule has 4 saturated carbocycles. The van der Waals surface area contributed by atoms with Crippen molar-refractivity contribution in [1.82, 2.24) is 0 Å². The molecule has 0 unspecified atom stereocenters. The maximum absolute atomic E-state index is 12.6. The van der Waals surface area contributed by atoms with Gasteiger partial charge in [0.25, 0.3) is 0 Å². The number of halogens is 3.